The van der Waals surface area contributed by atoms with Crippen molar-refractivity contribution >= 4 is 56.4 Å². The number of nitrogens with one attached hydrogen (secondary N) is 2. The first-order chi connectivity index (χ1) is 17.1. The van der Waals surface area contributed by atoms with Gasteiger partial charge in [0.05, 0.1) is 21.2 Å². The number of hydrogen-bond acceptors (Lipinski definition) is 7. The van der Waals surface area contributed by atoms with Gasteiger partial charge in [-0.25, -0.2) is 19.1 Å². The number of hydrogen-bond donors (Lipinski definition) is 2. The minimum Gasteiger partial charge on any atom is -0.444 e. The molecular formula is C26H38BrN5O5. The summed E-state index contributed by atoms with van der Waals surface area (Å²) in [4.78, 5) is 44.8. The highest BCUT2D eigenvalue weighted by Crippen LogP contribution is 2.40. The lowest BCUT2D eigenvalue weighted by Crippen LogP contribution is -2.49. The number of piperidine rings is 1. The van der Waals surface area contributed by atoms with E-state index in [0.717, 1.165) is 25.1 Å². The van der Waals surface area contributed by atoms with Crippen LogP contribution in [-0.2, 0) is 14.3 Å². The molecule has 3 rings (SSSR count). The van der Waals surface area contributed by atoms with Crippen LogP contribution in [0.25, 0.3) is 11.0 Å². The van der Waals surface area contributed by atoms with E-state index in [0.29, 0.717) is 27.7 Å². The Hall–Kier alpha value is -2.82. The molecule has 1 fully saturated rings. The maximum absolute atomic E-state index is 13.1. The number of anilines is 2. The van der Waals surface area contributed by atoms with Crippen molar-refractivity contribution in [3.63, 3.8) is 0 Å². The van der Waals surface area contributed by atoms with Crippen LogP contribution in [0, 0.1) is 5.92 Å². The maximum atomic E-state index is 13.1. The van der Waals surface area contributed by atoms with Gasteiger partial charge in [0.25, 0.3) is 0 Å². The zero-order valence-corrected chi connectivity index (χ0v) is 24.5. The van der Waals surface area contributed by atoms with Crippen LogP contribution in [0.5, 0.6) is 0 Å². The first-order valence-electron chi connectivity index (χ1n) is 12.5. The summed E-state index contributed by atoms with van der Waals surface area (Å²) in [5.74, 6) is -0.446. The number of carbonyl (C=O) groups excluding carboxylic acids is 3. The van der Waals surface area contributed by atoms with Gasteiger partial charge in [0.15, 0.2) is 5.65 Å². The third-order valence-electron chi connectivity index (χ3n) is 5.57. The van der Waals surface area contributed by atoms with Crippen LogP contribution in [-0.4, -0.2) is 58.0 Å². The standard InChI is InChI=1S/C26H38BrN5O5/c1-15(2)22(33)30-18-14-32(24(35)37-26(6,7)8)21-19(18)20(17(27)12-28-21)31-11-9-10-16(13-31)29-23(34)36-25(3,4)5/h12,14-16H,9-11,13H2,1-8H3,(H,29,34)(H,30,33)/t16-/m1/s1. The van der Waals surface area contributed by atoms with E-state index in [4.69, 9.17) is 9.47 Å². The maximum Gasteiger partial charge on any atom is 0.420 e. The van der Waals surface area contributed by atoms with Crippen LogP contribution < -0.4 is 15.5 Å². The predicted molar refractivity (Wildman–Crippen MR) is 147 cm³/mol. The van der Waals surface area contributed by atoms with E-state index in [1.165, 1.54) is 4.57 Å². The molecule has 0 radical (unpaired) electrons. The van der Waals surface area contributed by atoms with Gasteiger partial charge in [0.1, 0.15) is 11.2 Å². The van der Waals surface area contributed by atoms with Gasteiger partial charge in [-0.1, -0.05) is 13.8 Å². The summed E-state index contributed by atoms with van der Waals surface area (Å²) >= 11 is 3.63. The van der Waals surface area contributed by atoms with Gasteiger partial charge in [-0.2, -0.15) is 0 Å². The average Bonchev–Trinajstić information content (AvgIpc) is 3.09. The summed E-state index contributed by atoms with van der Waals surface area (Å²) in [5.41, 5.74) is 0.314. The number of amides is 2. The molecule has 0 aromatic carbocycles. The fourth-order valence-corrected chi connectivity index (χ4v) is 4.61. The molecule has 2 aromatic rings. The fraction of sp³-hybridized carbons (Fsp3) is 0.615. The number of fused-ring (bicyclic) bond motifs is 1. The third kappa shape index (κ3) is 7.37. The normalized spacial score (nSPS) is 16.6. The van der Waals surface area contributed by atoms with Crippen LogP contribution in [0.2, 0.25) is 0 Å². The zero-order valence-electron chi connectivity index (χ0n) is 22.9. The fourth-order valence-electron chi connectivity index (χ4n) is 4.06. The van der Waals surface area contributed by atoms with Crippen LogP contribution in [0.3, 0.4) is 0 Å². The Labute approximate surface area is 226 Å². The number of alkyl carbamates (subject to hydrolysis) is 1. The number of rotatable bonds is 4. The molecule has 11 heteroatoms. The molecule has 1 saturated heterocycles. The molecule has 37 heavy (non-hydrogen) atoms. The number of aromatic nitrogens is 2. The molecule has 2 N–H and O–H groups in total. The van der Waals surface area contributed by atoms with Crippen LogP contribution in [0.1, 0.15) is 68.2 Å². The van der Waals surface area contributed by atoms with Crippen molar-refractivity contribution in [2.24, 2.45) is 5.92 Å². The van der Waals surface area contributed by atoms with Crippen molar-refractivity contribution in [1.82, 2.24) is 14.9 Å². The molecule has 2 aromatic heterocycles. The molecule has 1 aliphatic rings. The summed E-state index contributed by atoms with van der Waals surface area (Å²) in [6, 6.07) is -0.139. The minimum absolute atomic E-state index is 0.139. The Morgan fingerprint density at radius 1 is 1.11 bits per heavy atom. The molecule has 2 amide bonds. The smallest absolute Gasteiger partial charge is 0.420 e. The Bertz CT molecular complexity index is 1180. The van der Waals surface area contributed by atoms with Crippen molar-refractivity contribution in [2.45, 2.75) is 85.5 Å². The number of ether oxygens (including phenoxy) is 2. The molecule has 0 spiro atoms. The summed E-state index contributed by atoms with van der Waals surface area (Å²) in [7, 11) is 0. The van der Waals surface area contributed by atoms with E-state index in [1.54, 1.807) is 47.0 Å². The number of halogens is 1. The largest absolute Gasteiger partial charge is 0.444 e. The zero-order chi connectivity index (χ0) is 27.7. The quantitative estimate of drug-likeness (QED) is 0.479. The lowest BCUT2D eigenvalue weighted by Gasteiger charge is -2.36. The Balaban J connectivity index is 2.04. The van der Waals surface area contributed by atoms with E-state index >= 15 is 0 Å². The topological polar surface area (TPSA) is 115 Å². The van der Waals surface area contributed by atoms with Crippen molar-refractivity contribution in [2.75, 3.05) is 23.3 Å². The van der Waals surface area contributed by atoms with E-state index in [1.807, 2.05) is 20.8 Å². The molecule has 0 aliphatic carbocycles. The third-order valence-corrected chi connectivity index (χ3v) is 6.15. The van der Waals surface area contributed by atoms with Gasteiger partial charge in [0, 0.05) is 37.4 Å². The first kappa shape index (κ1) is 28.7. The SMILES string of the molecule is CC(C)C(=O)Nc1cn(C(=O)OC(C)(C)C)c2ncc(Br)c(N3CCC[C@@H](NC(=O)OC(C)(C)C)C3)c12. The van der Waals surface area contributed by atoms with Crippen molar-refractivity contribution in [3.05, 3.63) is 16.9 Å². The van der Waals surface area contributed by atoms with E-state index in [2.05, 4.69) is 36.4 Å². The van der Waals surface area contributed by atoms with Crippen molar-refractivity contribution in [3.8, 4) is 0 Å². The summed E-state index contributed by atoms with van der Waals surface area (Å²) < 4.78 is 13.1. The van der Waals surface area contributed by atoms with Crippen LogP contribution in [0.15, 0.2) is 16.9 Å². The molecule has 0 unspecified atom stereocenters. The summed E-state index contributed by atoms with van der Waals surface area (Å²) in [6.07, 6.45) is 3.78. The second kappa shape index (κ2) is 10.9. The number of carbonyl (C=O) groups is 3. The lowest BCUT2D eigenvalue weighted by molar-refractivity contribution is -0.118. The average molecular weight is 581 g/mol. The Morgan fingerprint density at radius 3 is 2.35 bits per heavy atom. The molecule has 3 heterocycles. The van der Waals surface area contributed by atoms with E-state index < -0.39 is 23.4 Å². The van der Waals surface area contributed by atoms with Gasteiger partial charge < -0.3 is 25.0 Å². The molecule has 204 valence electrons. The first-order valence-corrected chi connectivity index (χ1v) is 13.3. The molecule has 1 aliphatic heterocycles. The van der Waals surface area contributed by atoms with Gasteiger partial charge >= 0.3 is 12.2 Å². The van der Waals surface area contributed by atoms with Gasteiger partial charge in [0.2, 0.25) is 5.91 Å². The van der Waals surface area contributed by atoms with Crippen LogP contribution >= 0.6 is 15.9 Å². The Morgan fingerprint density at radius 2 is 1.76 bits per heavy atom. The molecule has 0 bridgehead atoms. The predicted octanol–water partition coefficient (Wildman–Crippen LogP) is 5.67. The molecule has 0 saturated carbocycles. The summed E-state index contributed by atoms with van der Waals surface area (Å²) in [5, 5.41) is 6.54. The number of nitrogens with zero attached hydrogens (tertiary/aromatic N) is 3. The van der Waals surface area contributed by atoms with E-state index in [9.17, 15) is 14.4 Å². The molecule has 10 nitrogen and oxygen atoms in total. The Kier molecular flexibility index (Phi) is 8.46. The molecule has 1 atom stereocenters. The monoisotopic (exact) mass is 579 g/mol. The molecular weight excluding hydrogens is 542 g/mol. The number of pyridine rings is 1. The summed E-state index contributed by atoms with van der Waals surface area (Å²) in [6.45, 7) is 15.7. The van der Waals surface area contributed by atoms with Crippen molar-refractivity contribution in [1.29, 1.82) is 0 Å². The highest BCUT2D eigenvalue weighted by Gasteiger charge is 2.30. The highest BCUT2D eigenvalue weighted by atomic mass is 79.9. The van der Waals surface area contributed by atoms with Gasteiger partial charge in [-0.05, 0) is 70.3 Å². The highest BCUT2D eigenvalue weighted by molar-refractivity contribution is 9.10. The second-order valence-electron chi connectivity index (χ2n) is 11.6. The van der Waals surface area contributed by atoms with Crippen LogP contribution in [0.4, 0.5) is 21.0 Å². The second-order valence-corrected chi connectivity index (χ2v) is 12.5. The van der Waals surface area contributed by atoms with Gasteiger partial charge in [-0.15, -0.1) is 0 Å². The minimum atomic E-state index is -0.708. The lowest BCUT2D eigenvalue weighted by atomic mass is 10.0. The van der Waals surface area contributed by atoms with Crippen molar-refractivity contribution < 1.29 is 23.9 Å². The van der Waals surface area contributed by atoms with E-state index in [-0.39, 0.29) is 17.9 Å². The van der Waals surface area contributed by atoms with Gasteiger partial charge in [-0.3, -0.25) is 4.79 Å².